The van der Waals surface area contributed by atoms with Crippen LogP contribution in [0.25, 0.3) is 11.1 Å². The summed E-state index contributed by atoms with van der Waals surface area (Å²) in [5.41, 5.74) is 4.33. The smallest absolute Gasteiger partial charge is 0.231 e. The first-order chi connectivity index (χ1) is 16.6. The zero-order chi connectivity index (χ0) is 23.5. The Kier molecular flexibility index (Phi) is 5.86. The van der Waals surface area contributed by atoms with Gasteiger partial charge in [0.1, 0.15) is 23.9 Å². The summed E-state index contributed by atoms with van der Waals surface area (Å²) < 4.78 is 17.3. The van der Waals surface area contributed by atoms with E-state index in [2.05, 4.69) is 20.5 Å². The number of nitrogens with one attached hydrogen (secondary N) is 2. The van der Waals surface area contributed by atoms with Crippen LogP contribution in [0.3, 0.4) is 0 Å². The number of pyridine rings is 1. The lowest BCUT2D eigenvalue weighted by molar-refractivity contribution is -0.121. The summed E-state index contributed by atoms with van der Waals surface area (Å²) in [5.74, 6) is 2.11. The number of carbonyl (C=O) groups is 1. The van der Waals surface area contributed by atoms with Gasteiger partial charge in [-0.25, -0.2) is 0 Å². The van der Waals surface area contributed by atoms with Gasteiger partial charge in [0.05, 0.1) is 31.1 Å². The fourth-order valence-corrected chi connectivity index (χ4v) is 3.95. The van der Waals surface area contributed by atoms with Gasteiger partial charge in [0.25, 0.3) is 0 Å². The molecule has 2 N–H and O–H groups in total. The molecule has 172 valence electrons. The van der Waals surface area contributed by atoms with Crippen molar-refractivity contribution in [1.29, 1.82) is 0 Å². The van der Waals surface area contributed by atoms with E-state index in [1.165, 1.54) is 0 Å². The number of nitrogens with zero attached hydrogens (tertiary/aromatic N) is 2. The van der Waals surface area contributed by atoms with Crippen molar-refractivity contribution in [2.75, 3.05) is 19.0 Å². The Labute approximate surface area is 196 Å². The van der Waals surface area contributed by atoms with Crippen molar-refractivity contribution in [2.45, 2.75) is 13.3 Å². The van der Waals surface area contributed by atoms with Gasteiger partial charge < -0.3 is 19.5 Å². The van der Waals surface area contributed by atoms with Gasteiger partial charge in [0, 0.05) is 17.5 Å². The number of aryl methyl sites for hydroxylation is 1. The molecule has 1 amide bonds. The van der Waals surface area contributed by atoms with E-state index < -0.39 is 0 Å². The van der Waals surface area contributed by atoms with Gasteiger partial charge in [-0.15, -0.1) is 0 Å². The molecule has 0 bridgehead atoms. The second kappa shape index (κ2) is 9.27. The lowest BCUT2D eigenvalue weighted by Gasteiger charge is -2.25. The van der Waals surface area contributed by atoms with Crippen LogP contribution < -0.4 is 19.5 Å². The summed E-state index contributed by atoms with van der Waals surface area (Å²) in [5, 5.41) is 10.1. The molecular weight excluding hydrogens is 432 g/mol. The number of H-pyrrole nitrogens is 1. The number of rotatable bonds is 6. The molecule has 2 aromatic heterocycles. The molecular formula is C26H24N4O4. The lowest BCUT2D eigenvalue weighted by Crippen LogP contribution is -2.32. The molecule has 8 heteroatoms. The van der Waals surface area contributed by atoms with Gasteiger partial charge in [-0.2, -0.15) is 5.10 Å². The van der Waals surface area contributed by atoms with Gasteiger partial charge in [-0.3, -0.25) is 14.9 Å². The number of aromatic nitrogens is 3. The van der Waals surface area contributed by atoms with Gasteiger partial charge in [0.2, 0.25) is 5.91 Å². The Bertz CT molecular complexity index is 1320. The third kappa shape index (κ3) is 4.43. The van der Waals surface area contributed by atoms with Crippen LogP contribution in [-0.2, 0) is 11.2 Å². The van der Waals surface area contributed by atoms with Crippen molar-refractivity contribution in [1.82, 2.24) is 15.2 Å². The zero-order valence-electron chi connectivity index (χ0n) is 18.9. The highest BCUT2D eigenvalue weighted by atomic mass is 16.5. The fraction of sp³-hybridized carbons (Fsp3) is 0.192. The van der Waals surface area contributed by atoms with Gasteiger partial charge in [0.15, 0.2) is 5.75 Å². The standard InChI is InChI=1S/C26H24N4O4/c1-16-22(14-28-30-16)17-5-7-23(25(12-17)34-21-4-3-9-27-13-21)29-26(31)19-10-18-11-20(32-2)6-8-24(18)33-15-19/h3-9,11-14,19H,10,15H2,1-2H3,(H,28,30)(H,29,31)/t19-/m1/s1. The number of methoxy groups -OCH3 is 1. The summed E-state index contributed by atoms with van der Waals surface area (Å²) in [6.45, 7) is 2.26. The zero-order valence-corrected chi connectivity index (χ0v) is 18.9. The minimum atomic E-state index is -0.346. The molecule has 3 heterocycles. The second-order valence-electron chi connectivity index (χ2n) is 8.09. The van der Waals surface area contributed by atoms with E-state index in [9.17, 15) is 4.79 Å². The van der Waals surface area contributed by atoms with E-state index in [4.69, 9.17) is 14.2 Å². The first-order valence-electron chi connectivity index (χ1n) is 10.9. The third-order valence-electron chi connectivity index (χ3n) is 5.79. The number of hydrogen-bond acceptors (Lipinski definition) is 6. The predicted molar refractivity (Wildman–Crippen MR) is 127 cm³/mol. The molecule has 0 fully saturated rings. The summed E-state index contributed by atoms with van der Waals surface area (Å²) in [7, 11) is 1.62. The van der Waals surface area contributed by atoms with Crippen molar-refractivity contribution in [3.05, 3.63) is 78.4 Å². The predicted octanol–water partition coefficient (Wildman–Crippen LogP) is 4.77. The molecule has 0 aliphatic carbocycles. The summed E-state index contributed by atoms with van der Waals surface area (Å²) in [6.07, 6.45) is 5.63. The van der Waals surface area contributed by atoms with E-state index in [1.54, 1.807) is 31.8 Å². The largest absolute Gasteiger partial charge is 0.497 e. The number of benzene rings is 2. The third-order valence-corrected chi connectivity index (χ3v) is 5.79. The number of aromatic amines is 1. The van der Waals surface area contributed by atoms with Crippen molar-refractivity contribution < 1.29 is 19.0 Å². The highest BCUT2D eigenvalue weighted by Gasteiger charge is 2.27. The molecule has 1 atom stereocenters. The Balaban J connectivity index is 1.41. The van der Waals surface area contributed by atoms with E-state index in [-0.39, 0.29) is 11.8 Å². The second-order valence-corrected chi connectivity index (χ2v) is 8.09. The van der Waals surface area contributed by atoms with Gasteiger partial charge >= 0.3 is 0 Å². The molecule has 4 aromatic rings. The van der Waals surface area contributed by atoms with Crippen molar-refractivity contribution >= 4 is 11.6 Å². The number of fused-ring (bicyclic) bond motifs is 1. The van der Waals surface area contributed by atoms with Crippen LogP contribution in [0.4, 0.5) is 5.69 Å². The van der Waals surface area contributed by atoms with Crippen LogP contribution in [-0.4, -0.2) is 34.8 Å². The molecule has 34 heavy (non-hydrogen) atoms. The lowest BCUT2D eigenvalue weighted by atomic mass is 9.95. The monoisotopic (exact) mass is 456 g/mol. The normalized spacial score (nSPS) is 14.6. The average Bonchev–Trinajstić information content (AvgIpc) is 3.30. The molecule has 0 unspecified atom stereocenters. The van der Waals surface area contributed by atoms with Gasteiger partial charge in [-0.1, -0.05) is 6.07 Å². The summed E-state index contributed by atoms with van der Waals surface area (Å²) in [6, 6.07) is 14.9. The quantitative estimate of drug-likeness (QED) is 0.434. The van der Waals surface area contributed by atoms with Crippen LogP contribution in [0.2, 0.25) is 0 Å². The van der Waals surface area contributed by atoms with E-state index in [0.717, 1.165) is 33.9 Å². The number of amides is 1. The van der Waals surface area contributed by atoms with Crippen LogP contribution in [0, 0.1) is 12.8 Å². The molecule has 5 rings (SSSR count). The summed E-state index contributed by atoms with van der Waals surface area (Å²) >= 11 is 0. The van der Waals surface area contributed by atoms with E-state index in [0.29, 0.717) is 30.2 Å². The molecule has 0 radical (unpaired) electrons. The molecule has 2 aromatic carbocycles. The van der Waals surface area contributed by atoms with Crippen molar-refractivity contribution in [2.24, 2.45) is 5.92 Å². The maximum absolute atomic E-state index is 13.2. The number of carbonyl (C=O) groups excluding carboxylic acids is 1. The fourth-order valence-electron chi connectivity index (χ4n) is 3.95. The van der Waals surface area contributed by atoms with E-state index >= 15 is 0 Å². The molecule has 1 aliphatic heterocycles. The SMILES string of the molecule is COc1ccc2c(c1)C[C@@H](C(=O)Nc1ccc(-c3cn[nH]c3C)cc1Oc1cccnc1)CO2. The van der Waals surface area contributed by atoms with Gasteiger partial charge in [-0.05, 0) is 66.9 Å². The van der Waals surface area contributed by atoms with E-state index in [1.807, 2.05) is 49.4 Å². The van der Waals surface area contributed by atoms with Crippen LogP contribution in [0.5, 0.6) is 23.0 Å². The molecule has 1 aliphatic rings. The van der Waals surface area contributed by atoms with Crippen molar-refractivity contribution in [3.8, 4) is 34.1 Å². The average molecular weight is 457 g/mol. The molecule has 0 saturated heterocycles. The topological polar surface area (TPSA) is 98.4 Å². The first kappa shape index (κ1) is 21.5. The maximum Gasteiger partial charge on any atom is 0.231 e. The minimum absolute atomic E-state index is 0.142. The maximum atomic E-state index is 13.2. The highest BCUT2D eigenvalue weighted by Crippen LogP contribution is 2.36. The Hall–Kier alpha value is -4.33. The molecule has 0 spiro atoms. The number of ether oxygens (including phenoxy) is 3. The van der Waals surface area contributed by atoms with Crippen LogP contribution >= 0.6 is 0 Å². The Morgan fingerprint density at radius 1 is 1.15 bits per heavy atom. The molecule has 0 saturated carbocycles. The minimum Gasteiger partial charge on any atom is -0.497 e. The summed E-state index contributed by atoms with van der Waals surface area (Å²) in [4.78, 5) is 17.3. The number of anilines is 1. The molecule has 8 nitrogen and oxygen atoms in total. The Morgan fingerprint density at radius 3 is 2.82 bits per heavy atom. The highest BCUT2D eigenvalue weighted by molar-refractivity contribution is 5.95. The van der Waals surface area contributed by atoms with Crippen molar-refractivity contribution in [3.63, 3.8) is 0 Å². The Morgan fingerprint density at radius 2 is 2.06 bits per heavy atom. The number of hydrogen-bond donors (Lipinski definition) is 2. The van der Waals surface area contributed by atoms with Crippen LogP contribution in [0.15, 0.2) is 67.1 Å². The van der Waals surface area contributed by atoms with Crippen LogP contribution in [0.1, 0.15) is 11.3 Å². The first-order valence-corrected chi connectivity index (χ1v) is 10.9.